The van der Waals surface area contributed by atoms with Gasteiger partial charge in [-0.1, -0.05) is 0 Å². The third-order valence-electron chi connectivity index (χ3n) is 4.83. The molecule has 1 fully saturated rings. The van der Waals surface area contributed by atoms with Crippen molar-refractivity contribution in [1.82, 2.24) is 19.1 Å². The number of hydrogen-bond acceptors (Lipinski definition) is 3. The monoisotopic (exact) mass is 329 g/mol. The van der Waals surface area contributed by atoms with Crippen molar-refractivity contribution < 1.29 is 4.79 Å². The van der Waals surface area contributed by atoms with E-state index in [4.69, 9.17) is 0 Å². The molecule has 0 unspecified atom stereocenters. The van der Waals surface area contributed by atoms with Crippen LogP contribution in [0.1, 0.15) is 36.7 Å². The van der Waals surface area contributed by atoms with Crippen molar-refractivity contribution >= 4 is 5.91 Å². The molecule has 1 aliphatic heterocycles. The van der Waals surface area contributed by atoms with E-state index in [-0.39, 0.29) is 5.91 Å². The molecule has 1 atom stereocenters. The number of piperidine rings is 1. The van der Waals surface area contributed by atoms with Crippen LogP contribution >= 0.6 is 0 Å². The summed E-state index contributed by atoms with van der Waals surface area (Å²) in [4.78, 5) is 18.0. The van der Waals surface area contributed by atoms with E-state index in [0.29, 0.717) is 5.92 Å². The highest BCUT2D eigenvalue weighted by Crippen LogP contribution is 2.22. The Morgan fingerprint density at radius 3 is 2.96 bits per heavy atom. The number of imidazole rings is 1. The molecule has 1 saturated heterocycles. The van der Waals surface area contributed by atoms with Crippen molar-refractivity contribution in [1.29, 1.82) is 0 Å². The first-order chi connectivity index (χ1) is 11.5. The first-order valence-electron chi connectivity index (χ1n) is 8.66. The lowest BCUT2D eigenvalue weighted by Crippen LogP contribution is -2.36. The van der Waals surface area contributed by atoms with Gasteiger partial charge in [-0.2, -0.15) is 0 Å². The molecule has 24 heavy (non-hydrogen) atoms. The molecule has 2 aromatic heterocycles. The van der Waals surface area contributed by atoms with Gasteiger partial charge in [0.15, 0.2) is 0 Å². The summed E-state index contributed by atoms with van der Waals surface area (Å²) < 4.78 is 4.07. The van der Waals surface area contributed by atoms with Crippen LogP contribution in [-0.2, 0) is 17.9 Å². The van der Waals surface area contributed by atoms with Crippen molar-refractivity contribution in [3.63, 3.8) is 0 Å². The molecule has 6 heteroatoms. The number of amides is 1. The second-order valence-corrected chi connectivity index (χ2v) is 6.90. The van der Waals surface area contributed by atoms with Gasteiger partial charge >= 0.3 is 0 Å². The van der Waals surface area contributed by atoms with Crippen LogP contribution in [0.3, 0.4) is 0 Å². The van der Waals surface area contributed by atoms with Crippen LogP contribution in [0.25, 0.3) is 0 Å². The molecule has 0 saturated carbocycles. The van der Waals surface area contributed by atoms with Gasteiger partial charge in [-0.3, -0.25) is 19.8 Å². The van der Waals surface area contributed by atoms with Gasteiger partial charge in [0.1, 0.15) is 0 Å². The molecule has 3 rings (SSSR count). The summed E-state index contributed by atoms with van der Waals surface area (Å²) in [7, 11) is 0. The molecule has 0 radical (unpaired) electrons. The molecular formula is C18H27N5O. The molecule has 2 aromatic rings. The van der Waals surface area contributed by atoms with Crippen molar-refractivity contribution in [3.8, 4) is 0 Å². The predicted octanol–water partition coefficient (Wildman–Crippen LogP) is 2.30. The van der Waals surface area contributed by atoms with E-state index in [1.807, 2.05) is 30.3 Å². The summed E-state index contributed by atoms with van der Waals surface area (Å²) in [5.74, 6) is 0.633. The fourth-order valence-electron chi connectivity index (χ4n) is 3.70. The maximum absolute atomic E-state index is 11.4. The van der Waals surface area contributed by atoms with E-state index in [1.54, 1.807) is 6.92 Å². The van der Waals surface area contributed by atoms with E-state index >= 15 is 0 Å². The second-order valence-electron chi connectivity index (χ2n) is 6.90. The van der Waals surface area contributed by atoms with Crippen LogP contribution in [0.5, 0.6) is 0 Å². The summed E-state index contributed by atoms with van der Waals surface area (Å²) in [6.07, 6.45) is 8.31. The summed E-state index contributed by atoms with van der Waals surface area (Å²) in [5, 5.41) is 0. The first-order valence-corrected chi connectivity index (χ1v) is 8.66. The SMILES string of the molecule is CC(=O)Nn1c(C)cc(CN2CCC[C@H](Cn3ccnc3)C2)c1C. The van der Waals surface area contributed by atoms with E-state index < -0.39 is 0 Å². The van der Waals surface area contributed by atoms with Crippen LogP contribution in [0.4, 0.5) is 0 Å². The third-order valence-corrected chi connectivity index (χ3v) is 4.83. The Kier molecular flexibility index (Phi) is 5.04. The Hall–Kier alpha value is -2.08. The van der Waals surface area contributed by atoms with Gasteiger partial charge < -0.3 is 4.57 Å². The number of rotatable bonds is 5. The standard InChI is InChI=1S/C18H27N5O/c1-14-9-18(15(2)23(14)20-16(3)24)12-21-7-4-5-17(10-21)11-22-8-6-19-13-22/h6,8-9,13,17H,4-5,7,10-12H2,1-3H3,(H,20,24)/t17-/m0/s1. The zero-order valence-corrected chi connectivity index (χ0v) is 14.8. The molecule has 0 aromatic carbocycles. The number of nitrogens with zero attached hydrogens (tertiary/aromatic N) is 4. The zero-order chi connectivity index (χ0) is 17.1. The van der Waals surface area contributed by atoms with Gasteiger partial charge in [0.05, 0.1) is 6.33 Å². The highest BCUT2D eigenvalue weighted by Gasteiger charge is 2.22. The summed E-state index contributed by atoms with van der Waals surface area (Å²) in [6, 6.07) is 2.19. The zero-order valence-electron chi connectivity index (χ0n) is 14.8. The first kappa shape index (κ1) is 16.8. The van der Waals surface area contributed by atoms with Crippen LogP contribution in [-0.4, -0.2) is 38.1 Å². The molecule has 6 nitrogen and oxygen atoms in total. The number of nitrogens with one attached hydrogen (secondary N) is 1. The van der Waals surface area contributed by atoms with E-state index in [1.165, 1.54) is 18.4 Å². The topological polar surface area (TPSA) is 55.1 Å². The second kappa shape index (κ2) is 7.21. The summed E-state index contributed by atoms with van der Waals surface area (Å²) in [5.41, 5.74) is 6.38. The number of aromatic nitrogens is 3. The van der Waals surface area contributed by atoms with Crippen LogP contribution < -0.4 is 5.43 Å². The predicted molar refractivity (Wildman–Crippen MR) is 94.2 cm³/mol. The van der Waals surface area contributed by atoms with Gasteiger partial charge in [0, 0.05) is 50.3 Å². The maximum atomic E-state index is 11.4. The minimum absolute atomic E-state index is 0.0401. The molecule has 1 N–H and O–H groups in total. The number of hydrogen-bond donors (Lipinski definition) is 1. The van der Waals surface area contributed by atoms with Gasteiger partial charge in [0.2, 0.25) is 5.91 Å². The molecule has 0 spiro atoms. The highest BCUT2D eigenvalue weighted by atomic mass is 16.2. The van der Waals surface area contributed by atoms with Gasteiger partial charge in [0.25, 0.3) is 0 Å². The summed E-state index contributed by atoms with van der Waals surface area (Å²) in [6.45, 7) is 9.90. The molecule has 130 valence electrons. The minimum Gasteiger partial charge on any atom is -0.337 e. The van der Waals surface area contributed by atoms with Crippen molar-refractivity contribution in [2.24, 2.45) is 5.92 Å². The van der Waals surface area contributed by atoms with Gasteiger partial charge in [-0.25, -0.2) is 4.98 Å². The fraction of sp³-hybridized carbons (Fsp3) is 0.556. The number of carbonyl (C=O) groups is 1. The quantitative estimate of drug-likeness (QED) is 0.916. The third kappa shape index (κ3) is 3.87. The molecule has 3 heterocycles. The smallest absolute Gasteiger partial charge is 0.235 e. The van der Waals surface area contributed by atoms with Crippen LogP contribution in [0.15, 0.2) is 24.8 Å². The Morgan fingerprint density at radius 1 is 1.42 bits per heavy atom. The number of aryl methyl sites for hydroxylation is 1. The Balaban J connectivity index is 1.64. The molecular weight excluding hydrogens is 302 g/mol. The summed E-state index contributed by atoms with van der Waals surface area (Å²) >= 11 is 0. The van der Waals surface area contributed by atoms with Gasteiger partial charge in [-0.05, 0) is 50.8 Å². The largest absolute Gasteiger partial charge is 0.337 e. The minimum atomic E-state index is -0.0401. The maximum Gasteiger partial charge on any atom is 0.235 e. The Labute approximate surface area is 143 Å². The lowest BCUT2D eigenvalue weighted by molar-refractivity contribution is -0.115. The van der Waals surface area contributed by atoms with E-state index in [2.05, 4.69) is 32.9 Å². The number of likely N-dealkylation sites (tertiary alicyclic amines) is 1. The van der Waals surface area contributed by atoms with Crippen LogP contribution in [0.2, 0.25) is 0 Å². The molecule has 0 aliphatic carbocycles. The van der Waals surface area contributed by atoms with Crippen molar-refractivity contribution in [2.75, 3.05) is 18.5 Å². The molecule has 0 bridgehead atoms. The average molecular weight is 329 g/mol. The average Bonchev–Trinajstić information content (AvgIpc) is 3.12. The van der Waals surface area contributed by atoms with Crippen molar-refractivity contribution in [3.05, 3.63) is 41.7 Å². The lowest BCUT2D eigenvalue weighted by Gasteiger charge is -2.32. The normalized spacial score (nSPS) is 18.7. The highest BCUT2D eigenvalue weighted by molar-refractivity contribution is 5.81. The van der Waals surface area contributed by atoms with Crippen molar-refractivity contribution in [2.45, 2.75) is 46.7 Å². The number of carbonyl (C=O) groups excluding carboxylic acids is 1. The fourth-order valence-corrected chi connectivity index (χ4v) is 3.70. The Morgan fingerprint density at radius 2 is 2.25 bits per heavy atom. The molecule has 1 amide bonds. The lowest BCUT2D eigenvalue weighted by atomic mass is 9.97. The van der Waals surface area contributed by atoms with Gasteiger partial charge in [-0.15, -0.1) is 0 Å². The Bertz CT molecular complexity index is 689. The van der Waals surface area contributed by atoms with E-state index in [0.717, 1.165) is 37.6 Å². The van der Waals surface area contributed by atoms with E-state index in [9.17, 15) is 4.79 Å². The van der Waals surface area contributed by atoms with Crippen LogP contribution in [0, 0.1) is 19.8 Å². The molecule has 1 aliphatic rings.